The molecule has 6 nitrogen and oxygen atoms in total. The molecule has 84 valence electrons. The maximum absolute atomic E-state index is 11.1. The number of rotatable bonds is 6. The van der Waals surface area contributed by atoms with Gasteiger partial charge in [-0.05, 0) is 6.92 Å². The van der Waals surface area contributed by atoms with Crippen LogP contribution < -0.4 is 10.6 Å². The molecule has 1 amide bonds. The molecule has 0 atom stereocenters. The zero-order valence-electron chi connectivity index (χ0n) is 9.04. The van der Waals surface area contributed by atoms with E-state index in [0.29, 0.717) is 37.8 Å². The molecule has 0 spiro atoms. The van der Waals surface area contributed by atoms with Crippen LogP contribution in [0.2, 0.25) is 0 Å². The van der Waals surface area contributed by atoms with Crippen molar-refractivity contribution in [1.82, 2.24) is 20.8 Å². The molecule has 1 rings (SSSR count). The minimum atomic E-state index is 0.0503. The average Bonchev–Trinajstić information content (AvgIpc) is 2.60. The minimum absolute atomic E-state index is 0.0503. The Morgan fingerprint density at radius 1 is 1.53 bits per heavy atom. The molecule has 0 bridgehead atoms. The molecule has 6 heteroatoms. The molecular weight excluding hydrogens is 196 g/mol. The second-order valence-corrected chi connectivity index (χ2v) is 3.11. The Balaban J connectivity index is 2.09. The standard InChI is InChI=1S/C9H16N4O2/c1-3-11-9(14)4-5-10-6-8-12-7(2)15-13-8/h10H,3-6H2,1-2H3,(H,11,14). The van der Waals surface area contributed by atoms with Crippen LogP contribution in [0.25, 0.3) is 0 Å². The van der Waals surface area contributed by atoms with Crippen LogP contribution in [-0.4, -0.2) is 29.1 Å². The highest BCUT2D eigenvalue weighted by Gasteiger charge is 2.02. The molecule has 0 radical (unpaired) electrons. The summed E-state index contributed by atoms with van der Waals surface area (Å²) in [4.78, 5) is 15.1. The Hall–Kier alpha value is -1.43. The van der Waals surface area contributed by atoms with Gasteiger partial charge in [-0.25, -0.2) is 0 Å². The van der Waals surface area contributed by atoms with Gasteiger partial charge < -0.3 is 15.2 Å². The van der Waals surface area contributed by atoms with Crippen LogP contribution >= 0.6 is 0 Å². The first-order valence-electron chi connectivity index (χ1n) is 4.99. The molecule has 2 N–H and O–H groups in total. The lowest BCUT2D eigenvalue weighted by Crippen LogP contribution is -2.27. The summed E-state index contributed by atoms with van der Waals surface area (Å²) in [5, 5.41) is 9.50. The van der Waals surface area contributed by atoms with E-state index >= 15 is 0 Å². The predicted molar refractivity (Wildman–Crippen MR) is 54.0 cm³/mol. The quantitative estimate of drug-likeness (QED) is 0.648. The Kier molecular flexibility index (Phi) is 4.76. The first kappa shape index (κ1) is 11.6. The van der Waals surface area contributed by atoms with Crippen molar-refractivity contribution in [2.45, 2.75) is 26.8 Å². The third-order valence-corrected chi connectivity index (χ3v) is 1.76. The summed E-state index contributed by atoms with van der Waals surface area (Å²) in [5.41, 5.74) is 0. The zero-order valence-corrected chi connectivity index (χ0v) is 9.04. The topological polar surface area (TPSA) is 80.0 Å². The smallest absolute Gasteiger partial charge is 0.223 e. The highest BCUT2D eigenvalue weighted by Crippen LogP contribution is 1.93. The van der Waals surface area contributed by atoms with Gasteiger partial charge in [0.2, 0.25) is 11.8 Å². The predicted octanol–water partition coefficient (Wildman–Crippen LogP) is -0.00618. The van der Waals surface area contributed by atoms with Crippen molar-refractivity contribution in [3.8, 4) is 0 Å². The van der Waals surface area contributed by atoms with E-state index in [1.165, 1.54) is 0 Å². The Morgan fingerprint density at radius 2 is 2.33 bits per heavy atom. The van der Waals surface area contributed by atoms with E-state index in [2.05, 4.69) is 20.8 Å². The van der Waals surface area contributed by atoms with E-state index in [-0.39, 0.29) is 5.91 Å². The van der Waals surface area contributed by atoms with E-state index in [1.54, 1.807) is 6.92 Å². The lowest BCUT2D eigenvalue weighted by atomic mass is 10.4. The minimum Gasteiger partial charge on any atom is -0.356 e. The van der Waals surface area contributed by atoms with Crippen molar-refractivity contribution in [2.75, 3.05) is 13.1 Å². The SMILES string of the molecule is CCNC(=O)CCNCc1noc(C)n1. The second kappa shape index (κ2) is 6.13. The van der Waals surface area contributed by atoms with Gasteiger partial charge in [0.1, 0.15) is 0 Å². The summed E-state index contributed by atoms with van der Waals surface area (Å²) in [7, 11) is 0. The van der Waals surface area contributed by atoms with Gasteiger partial charge >= 0.3 is 0 Å². The molecule has 0 aliphatic rings. The lowest BCUT2D eigenvalue weighted by Gasteiger charge is -2.02. The summed E-state index contributed by atoms with van der Waals surface area (Å²) >= 11 is 0. The number of amides is 1. The molecule has 0 aliphatic carbocycles. The van der Waals surface area contributed by atoms with Gasteiger partial charge in [0.15, 0.2) is 5.82 Å². The van der Waals surface area contributed by atoms with Crippen molar-refractivity contribution < 1.29 is 9.32 Å². The number of hydrogen-bond acceptors (Lipinski definition) is 5. The van der Waals surface area contributed by atoms with Crippen LogP contribution in [0.15, 0.2) is 4.52 Å². The van der Waals surface area contributed by atoms with Crippen molar-refractivity contribution >= 4 is 5.91 Å². The molecule has 15 heavy (non-hydrogen) atoms. The van der Waals surface area contributed by atoms with Gasteiger partial charge in [0.05, 0.1) is 6.54 Å². The van der Waals surface area contributed by atoms with E-state index in [1.807, 2.05) is 6.92 Å². The molecular formula is C9H16N4O2. The first-order valence-corrected chi connectivity index (χ1v) is 4.99. The van der Waals surface area contributed by atoms with Crippen LogP contribution in [0, 0.1) is 6.92 Å². The highest BCUT2D eigenvalue weighted by atomic mass is 16.5. The molecule has 0 fully saturated rings. The number of aryl methyl sites for hydroxylation is 1. The Bertz CT molecular complexity index is 311. The fourth-order valence-electron chi connectivity index (χ4n) is 1.10. The van der Waals surface area contributed by atoms with Crippen LogP contribution in [0.4, 0.5) is 0 Å². The third kappa shape index (κ3) is 4.55. The molecule has 0 unspecified atom stereocenters. The summed E-state index contributed by atoms with van der Waals surface area (Å²) < 4.78 is 4.80. The highest BCUT2D eigenvalue weighted by molar-refractivity contribution is 5.75. The zero-order chi connectivity index (χ0) is 11.1. The fraction of sp³-hybridized carbons (Fsp3) is 0.667. The lowest BCUT2D eigenvalue weighted by molar-refractivity contribution is -0.120. The van der Waals surface area contributed by atoms with Crippen LogP contribution in [0.5, 0.6) is 0 Å². The maximum atomic E-state index is 11.1. The molecule has 1 aromatic heterocycles. The molecule has 1 aromatic rings. The van der Waals surface area contributed by atoms with Crippen molar-refractivity contribution in [3.63, 3.8) is 0 Å². The van der Waals surface area contributed by atoms with Gasteiger partial charge in [-0.2, -0.15) is 4.98 Å². The molecule has 0 saturated carbocycles. The largest absolute Gasteiger partial charge is 0.356 e. The molecule has 0 aromatic carbocycles. The number of hydrogen-bond donors (Lipinski definition) is 2. The maximum Gasteiger partial charge on any atom is 0.223 e. The Labute approximate surface area is 88.4 Å². The van der Waals surface area contributed by atoms with E-state index < -0.39 is 0 Å². The Morgan fingerprint density at radius 3 is 2.93 bits per heavy atom. The molecule has 1 heterocycles. The number of carbonyl (C=O) groups excluding carboxylic acids is 1. The van der Waals surface area contributed by atoms with Crippen molar-refractivity contribution in [3.05, 3.63) is 11.7 Å². The first-order chi connectivity index (χ1) is 7.22. The van der Waals surface area contributed by atoms with Crippen LogP contribution in [-0.2, 0) is 11.3 Å². The number of nitrogens with one attached hydrogen (secondary N) is 2. The number of nitrogens with zero attached hydrogens (tertiary/aromatic N) is 2. The monoisotopic (exact) mass is 212 g/mol. The van der Waals surface area contributed by atoms with Crippen LogP contribution in [0.3, 0.4) is 0 Å². The molecule has 0 aliphatic heterocycles. The van der Waals surface area contributed by atoms with Crippen LogP contribution in [0.1, 0.15) is 25.1 Å². The van der Waals surface area contributed by atoms with Gasteiger partial charge in [-0.3, -0.25) is 4.79 Å². The van der Waals surface area contributed by atoms with E-state index in [0.717, 1.165) is 0 Å². The summed E-state index contributed by atoms with van der Waals surface area (Å²) in [5.74, 6) is 1.22. The summed E-state index contributed by atoms with van der Waals surface area (Å²) in [6.45, 7) is 5.44. The van der Waals surface area contributed by atoms with Crippen molar-refractivity contribution in [2.24, 2.45) is 0 Å². The van der Waals surface area contributed by atoms with Gasteiger partial charge in [-0.15, -0.1) is 0 Å². The normalized spacial score (nSPS) is 10.3. The van der Waals surface area contributed by atoms with Crippen molar-refractivity contribution in [1.29, 1.82) is 0 Å². The van der Waals surface area contributed by atoms with Gasteiger partial charge in [-0.1, -0.05) is 5.16 Å². The van der Waals surface area contributed by atoms with Gasteiger partial charge in [0, 0.05) is 26.4 Å². The average molecular weight is 212 g/mol. The molecule has 0 saturated heterocycles. The third-order valence-electron chi connectivity index (χ3n) is 1.76. The second-order valence-electron chi connectivity index (χ2n) is 3.11. The number of aromatic nitrogens is 2. The van der Waals surface area contributed by atoms with E-state index in [4.69, 9.17) is 4.52 Å². The fourth-order valence-corrected chi connectivity index (χ4v) is 1.10. The summed E-state index contributed by atoms with van der Waals surface area (Å²) in [6.07, 6.45) is 0.463. The summed E-state index contributed by atoms with van der Waals surface area (Å²) in [6, 6.07) is 0. The number of carbonyl (C=O) groups is 1. The van der Waals surface area contributed by atoms with E-state index in [9.17, 15) is 4.79 Å². The van der Waals surface area contributed by atoms with Gasteiger partial charge in [0.25, 0.3) is 0 Å².